The Bertz CT molecular complexity index is 988. The number of anilines is 1. The molecule has 0 N–H and O–H groups in total. The Balaban J connectivity index is 2.31. The van der Waals surface area contributed by atoms with Gasteiger partial charge in [-0.25, -0.2) is 9.97 Å². The zero-order valence-corrected chi connectivity index (χ0v) is 17.6. The van der Waals surface area contributed by atoms with Crippen molar-refractivity contribution >= 4 is 16.9 Å². The number of likely N-dealkylation sites (N-methyl/N-ethyl adjacent to an activating group) is 1. The summed E-state index contributed by atoms with van der Waals surface area (Å²) in [5.74, 6) is 1.83. The largest absolute Gasteiger partial charge is 0.352 e. The summed E-state index contributed by atoms with van der Waals surface area (Å²) in [6, 6.07) is 4.48. The summed E-state index contributed by atoms with van der Waals surface area (Å²) in [5.41, 5.74) is 7.24. The van der Waals surface area contributed by atoms with Crippen molar-refractivity contribution in [3.8, 4) is 5.69 Å². The first-order chi connectivity index (χ1) is 12.9. The summed E-state index contributed by atoms with van der Waals surface area (Å²) in [6.07, 6.45) is 6.47. The number of rotatable bonds is 5. The Morgan fingerprint density at radius 1 is 1.00 bits per heavy atom. The molecule has 0 aliphatic rings. The Hall–Kier alpha value is -2.62. The van der Waals surface area contributed by atoms with Crippen LogP contribution in [0, 0.1) is 34.6 Å². The Morgan fingerprint density at radius 2 is 1.67 bits per heavy atom. The molecular formula is C23H30N4. The quantitative estimate of drug-likeness (QED) is 0.573. The van der Waals surface area contributed by atoms with Crippen LogP contribution in [0.5, 0.6) is 0 Å². The highest BCUT2D eigenvalue weighted by atomic mass is 15.2. The van der Waals surface area contributed by atoms with E-state index in [1.807, 2.05) is 6.92 Å². The first kappa shape index (κ1) is 19.2. The third-order valence-corrected chi connectivity index (χ3v) is 5.05. The first-order valence-electron chi connectivity index (χ1n) is 9.68. The van der Waals surface area contributed by atoms with Gasteiger partial charge in [-0.2, -0.15) is 0 Å². The van der Waals surface area contributed by atoms with Crippen LogP contribution >= 0.6 is 0 Å². The van der Waals surface area contributed by atoms with E-state index in [9.17, 15) is 0 Å². The lowest BCUT2D eigenvalue weighted by molar-refractivity contribution is 0.873. The topological polar surface area (TPSA) is 34.0 Å². The van der Waals surface area contributed by atoms with Crippen molar-refractivity contribution in [2.45, 2.75) is 48.5 Å². The minimum atomic E-state index is 0.804. The van der Waals surface area contributed by atoms with Crippen molar-refractivity contribution < 1.29 is 0 Å². The molecule has 0 aliphatic heterocycles. The van der Waals surface area contributed by atoms with E-state index in [-0.39, 0.29) is 0 Å². The highest BCUT2D eigenvalue weighted by Crippen LogP contribution is 2.32. The van der Waals surface area contributed by atoms with Crippen LogP contribution in [-0.4, -0.2) is 27.6 Å². The van der Waals surface area contributed by atoms with E-state index in [1.54, 1.807) is 0 Å². The summed E-state index contributed by atoms with van der Waals surface area (Å²) in [7, 11) is 0. The predicted octanol–water partition coefficient (Wildman–Crippen LogP) is 5.37. The molecule has 0 atom stereocenters. The summed E-state index contributed by atoms with van der Waals surface area (Å²) in [4.78, 5) is 12.0. The molecule has 4 heteroatoms. The fourth-order valence-electron chi connectivity index (χ4n) is 3.94. The molecule has 142 valence electrons. The van der Waals surface area contributed by atoms with Gasteiger partial charge in [-0.15, -0.1) is 0 Å². The molecule has 0 radical (unpaired) electrons. The molecule has 0 saturated heterocycles. The molecule has 0 fully saturated rings. The van der Waals surface area contributed by atoms with Gasteiger partial charge in [0.25, 0.3) is 0 Å². The number of aryl methyl sites for hydroxylation is 5. The average Bonchev–Trinajstić information content (AvgIpc) is 2.91. The summed E-state index contributed by atoms with van der Waals surface area (Å²) in [5, 5.41) is 1.14. The van der Waals surface area contributed by atoms with E-state index in [0.29, 0.717) is 0 Å². The van der Waals surface area contributed by atoms with Gasteiger partial charge in [0.05, 0.1) is 11.1 Å². The van der Waals surface area contributed by atoms with Gasteiger partial charge in [0.2, 0.25) is 0 Å². The van der Waals surface area contributed by atoms with Gasteiger partial charge < -0.3 is 9.47 Å². The Labute approximate surface area is 162 Å². The number of hydrogen-bond acceptors (Lipinski definition) is 3. The monoisotopic (exact) mass is 362 g/mol. The Morgan fingerprint density at radius 3 is 2.26 bits per heavy atom. The lowest BCUT2D eigenvalue weighted by atomic mass is 10.1. The van der Waals surface area contributed by atoms with Crippen molar-refractivity contribution in [1.29, 1.82) is 0 Å². The van der Waals surface area contributed by atoms with E-state index in [0.717, 1.165) is 35.8 Å². The fourth-order valence-corrected chi connectivity index (χ4v) is 3.94. The molecule has 0 spiro atoms. The van der Waals surface area contributed by atoms with Crippen LogP contribution in [0.1, 0.15) is 41.9 Å². The smallest absolute Gasteiger partial charge is 0.150 e. The second-order valence-corrected chi connectivity index (χ2v) is 7.33. The van der Waals surface area contributed by atoms with Gasteiger partial charge in [-0.1, -0.05) is 29.8 Å². The number of fused-ring (bicyclic) bond motifs is 1. The van der Waals surface area contributed by atoms with Gasteiger partial charge in [0.15, 0.2) is 5.65 Å². The SMILES string of the molecule is C/C=C/CN(CC)c1nc(C)nc2c1c(C)cn2-c1c(C)cc(C)cc1C. The van der Waals surface area contributed by atoms with Gasteiger partial charge in [-0.3, -0.25) is 0 Å². The second kappa shape index (κ2) is 7.55. The number of nitrogens with zero attached hydrogens (tertiary/aromatic N) is 4. The van der Waals surface area contributed by atoms with Gasteiger partial charge >= 0.3 is 0 Å². The molecule has 3 aromatic rings. The number of benzene rings is 1. The third kappa shape index (κ3) is 3.48. The van der Waals surface area contributed by atoms with Gasteiger partial charge in [0.1, 0.15) is 11.6 Å². The molecule has 2 heterocycles. The standard InChI is InChI=1S/C23H30N4/c1-8-10-11-26(9-2)22-20-18(6)14-27(23(20)25-19(7)24-22)21-16(4)12-15(3)13-17(21)5/h8,10,12-14H,9,11H2,1-7H3/b10-8+. The van der Waals surface area contributed by atoms with E-state index in [1.165, 1.54) is 27.9 Å². The highest BCUT2D eigenvalue weighted by Gasteiger charge is 2.19. The van der Waals surface area contributed by atoms with E-state index >= 15 is 0 Å². The van der Waals surface area contributed by atoms with Crippen molar-refractivity contribution in [2.75, 3.05) is 18.0 Å². The summed E-state index contributed by atoms with van der Waals surface area (Å²) < 4.78 is 2.25. The second-order valence-electron chi connectivity index (χ2n) is 7.33. The third-order valence-electron chi connectivity index (χ3n) is 5.05. The van der Waals surface area contributed by atoms with E-state index in [2.05, 4.69) is 81.5 Å². The van der Waals surface area contributed by atoms with Crippen molar-refractivity contribution in [3.63, 3.8) is 0 Å². The summed E-state index contributed by atoms with van der Waals surface area (Å²) in [6.45, 7) is 16.6. The number of hydrogen-bond donors (Lipinski definition) is 0. The van der Waals surface area contributed by atoms with Crippen LogP contribution in [-0.2, 0) is 0 Å². The molecule has 0 saturated carbocycles. The normalized spacial score (nSPS) is 11.7. The molecule has 27 heavy (non-hydrogen) atoms. The van der Waals surface area contributed by atoms with Crippen LogP contribution < -0.4 is 4.90 Å². The number of aromatic nitrogens is 3. The maximum absolute atomic E-state index is 4.84. The molecule has 0 amide bonds. The molecule has 4 nitrogen and oxygen atoms in total. The summed E-state index contributed by atoms with van der Waals surface area (Å²) >= 11 is 0. The lowest BCUT2D eigenvalue weighted by Crippen LogP contribution is -2.24. The highest BCUT2D eigenvalue weighted by molar-refractivity contribution is 5.92. The van der Waals surface area contributed by atoms with Crippen LogP contribution in [0.2, 0.25) is 0 Å². The zero-order valence-electron chi connectivity index (χ0n) is 17.6. The Kier molecular flexibility index (Phi) is 5.36. The molecule has 0 aliphatic carbocycles. The number of allylic oxidation sites excluding steroid dienone is 1. The molecule has 1 aromatic carbocycles. The van der Waals surface area contributed by atoms with E-state index in [4.69, 9.17) is 9.97 Å². The van der Waals surface area contributed by atoms with Crippen LogP contribution in [0.3, 0.4) is 0 Å². The fraction of sp³-hybridized carbons (Fsp3) is 0.391. The molecule has 0 unspecified atom stereocenters. The minimum absolute atomic E-state index is 0.804. The maximum Gasteiger partial charge on any atom is 0.150 e. The van der Waals surface area contributed by atoms with Crippen LogP contribution in [0.15, 0.2) is 30.5 Å². The van der Waals surface area contributed by atoms with Crippen LogP contribution in [0.25, 0.3) is 16.7 Å². The van der Waals surface area contributed by atoms with Crippen molar-refractivity contribution in [2.24, 2.45) is 0 Å². The zero-order chi connectivity index (χ0) is 19.7. The minimum Gasteiger partial charge on any atom is -0.352 e. The average molecular weight is 363 g/mol. The van der Waals surface area contributed by atoms with E-state index < -0.39 is 0 Å². The molecular weight excluding hydrogens is 332 g/mol. The molecule has 3 rings (SSSR count). The van der Waals surface area contributed by atoms with Crippen molar-refractivity contribution in [3.05, 3.63) is 58.6 Å². The van der Waals surface area contributed by atoms with Gasteiger partial charge in [0, 0.05) is 19.3 Å². The maximum atomic E-state index is 4.84. The predicted molar refractivity (Wildman–Crippen MR) is 115 cm³/mol. The van der Waals surface area contributed by atoms with Gasteiger partial charge in [-0.05, 0) is 65.2 Å². The molecule has 0 bridgehead atoms. The lowest BCUT2D eigenvalue weighted by Gasteiger charge is -2.22. The van der Waals surface area contributed by atoms with Crippen LogP contribution in [0.4, 0.5) is 5.82 Å². The van der Waals surface area contributed by atoms with Crippen molar-refractivity contribution in [1.82, 2.24) is 14.5 Å². The first-order valence-corrected chi connectivity index (χ1v) is 9.68. The molecule has 2 aromatic heterocycles.